The molecule has 0 fully saturated rings. The van der Waals surface area contributed by atoms with Gasteiger partial charge in [-0.15, -0.1) is 0 Å². The lowest BCUT2D eigenvalue weighted by molar-refractivity contribution is 0.632. The van der Waals surface area contributed by atoms with Gasteiger partial charge < -0.3 is 0 Å². The average Bonchev–Trinajstić information content (AvgIpc) is 2.75. The van der Waals surface area contributed by atoms with Crippen LogP contribution in [0.4, 0.5) is 4.39 Å². The third-order valence-corrected chi connectivity index (χ3v) is 5.43. The molecule has 150 valence electrons. The molecule has 0 heterocycles. The molecule has 0 saturated heterocycles. The van der Waals surface area contributed by atoms with Gasteiger partial charge in [-0.3, -0.25) is 0 Å². The van der Waals surface area contributed by atoms with Gasteiger partial charge in [0, 0.05) is 5.56 Å². The van der Waals surface area contributed by atoms with Crippen LogP contribution in [-0.4, -0.2) is 0 Å². The Hall–Kier alpha value is -2.67. The Balaban J connectivity index is 1.71. The van der Waals surface area contributed by atoms with E-state index in [4.69, 9.17) is 0 Å². The maximum atomic E-state index is 14.8. The van der Waals surface area contributed by atoms with Crippen LogP contribution >= 0.6 is 0 Å². The second kappa shape index (κ2) is 10.8. The zero-order valence-corrected chi connectivity index (χ0v) is 17.6. The summed E-state index contributed by atoms with van der Waals surface area (Å²) in [5.74, 6) is -0.170. The number of benzene rings is 3. The second-order valence-corrected chi connectivity index (χ2v) is 7.65. The molecule has 29 heavy (non-hydrogen) atoms. The van der Waals surface area contributed by atoms with Gasteiger partial charge in [0.05, 0.1) is 0 Å². The van der Waals surface area contributed by atoms with E-state index in [0.29, 0.717) is 5.56 Å². The monoisotopic (exact) mass is 386 g/mol. The van der Waals surface area contributed by atoms with E-state index in [1.165, 1.54) is 30.4 Å². The van der Waals surface area contributed by atoms with E-state index in [1.54, 1.807) is 6.07 Å². The predicted octanol–water partition coefficient (Wildman–Crippen LogP) is 8.40. The van der Waals surface area contributed by atoms with Crippen LogP contribution in [0, 0.1) is 5.82 Å². The van der Waals surface area contributed by atoms with Crippen molar-refractivity contribution in [2.45, 2.75) is 52.4 Å². The molecule has 0 amide bonds. The molecule has 3 rings (SSSR count). The van der Waals surface area contributed by atoms with E-state index in [1.807, 2.05) is 31.2 Å². The molecule has 0 aliphatic carbocycles. The lowest BCUT2D eigenvalue weighted by atomic mass is 9.97. The molecule has 0 N–H and O–H groups in total. The number of hydrogen-bond acceptors (Lipinski definition) is 0. The summed E-state index contributed by atoms with van der Waals surface area (Å²) in [5, 5.41) is 0. The molecule has 0 saturated carbocycles. The van der Waals surface area contributed by atoms with Crippen LogP contribution in [0.5, 0.6) is 0 Å². The van der Waals surface area contributed by atoms with Crippen molar-refractivity contribution in [3.8, 4) is 22.3 Å². The quantitative estimate of drug-likeness (QED) is 0.256. The van der Waals surface area contributed by atoms with Crippen LogP contribution in [0.25, 0.3) is 22.3 Å². The highest BCUT2D eigenvalue weighted by molar-refractivity contribution is 5.71. The van der Waals surface area contributed by atoms with Gasteiger partial charge in [-0.05, 0) is 66.5 Å². The van der Waals surface area contributed by atoms with Crippen LogP contribution in [-0.2, 0) is 12.8 Å². The number of halogens is 1. The van der Waals surface area contributed by atoms with Gasteiger partial charge in [0.1, 0.15) is 5.82 Å². The van der Waals surface area contributed by atoms with Crippen LogP contribution < -0.4 is 0 Å². The van der Waals surface area contributed by atoms with Crippen LogP contribution in [0.15, 0.2) is 78.9 Å². The minimum absolute atomic E-state index is 0.170. The van der Waals surface area contributed by atoms with Crippen LogP contribution in [0.1, 0.15) is 50.7 Å². The predicted molar refractivity (Wildman–Crippen MR) is 124 cm³/mol. The summed E-state index contributed by atoms with van der Waals surface area (Å²) in [6.45, 7) is 4.26. The van der Waals surface area contributed by atoms with Crippen molar-refractivity contribution in [1.82, 2.24) is 0 Å². The van der Waals surface area contributed by atoms with Crippen molar-refractivity contribution in [3.05, 3.63) is 95.8 Å². The molecule has 0 radical (unpaired) electrons. The largest absolute Gasteiger partial charge is 0.206 e. The number of hydrogen-bond donors (Lipinski definition) is 0. The summed E-state index contributed by atoms with van der Waals surface area (Å²) in [6, 6.07) is 22.4. The Morgan fingerprint density at radius 3 is 1.97 bits per heavy atom. The maximum absolute atomic E-state index is 14.8. The molecule has 0 aliphatic rings. The van der Waals surface area contributed by atoms with Crippen molar-refractivity contribution in [2.75, 3.05) is 0 Å². The van der Waals surface area contributed by atoms with E-state index >= 15 is 0 Å². The van der Waals surface area contributed by atoms with Crippen molar-refractivity contribution in [1.29, 1.82) is 0 Å². The maximum Gasteiger partial charge on any atom is 0.131 e. The fourth-order valence-electron chi connectivity index (χ4n) is 3.64. The first-order valence-electron chi connectivity index (χ1n) is 10.8. The number of rotatable bonds is 9. The van der Waals surface area contributed by atoms with E-state index < -0.39 is 0 Å². The summed E-state index contributed by atoms with van der Waals surface area (Å²) in [6.07, 6.45) is 11.2. The molecule has 0 aliphatic heterocycles. The van der Waals surface area contributed by atoms with Crippen molar-refractivity contribution in [3.63, 3.8) is 0 Å². The second-order valence-electron chi connectivity index (χ2n) is 7.65. The topological polar surface area (TPSA) is 0 Å². The number of aryl methyl sites for hydroxylation is 2. The molecular formula is C28H31F. The molecule has 0 spiro atoms. The molecule has 1 heteroatoms. The highest BCUT2D eigenvalue weighted by Gasteiger charge is 2.08. The summed E-state index contributed by atoms with van der Waals surface area (Å²) < 4.78 is 14.8. The zero-order chi connectivity index (χ0) is 20.5. The van der Waals surface area contributed by atoms with E-state index in [0.717, 1.165) is 36.0 Å². The molecule has 0 nitrogen and oxygen atoms in total. The van der Waals surface area contributed by atoms with E-state index in [2.05, 4.69) is 55.5 Å². The SMILES string of the molecule is C/C=C/CCc1ccc(-c2ccc(-c3ccc(CCCCC)cc3)cc2F)cc1. The number of unbranched alkanes of at least 4 members (excludes halogenated alkanes) is 2. The summed E-state index contributed by atoms with van der Waals surface area (Å²) >= 11 is 0. The van der Waals surface area contributed by atoms with Crippen molar-refractivity contribution >= 4 is 0 Å². The Labute approximate surface area is 175 Å². The first-order valence-corrected chi connectivity index (χ1v) is 10.8. The molecule has 3 aromatic carbocycles. The van der Waals surface area contributed by atoms with E-state index in [9.17, 15) is 4.39 Å². The molecular weight excluding hydrogens is 355 g/mol. The highest BCUT2D eigenvalue weighted by Crippen LogP contribution is 2.28. The Morgan fingerprint density at radius 2 is 1.34 bits per heavy atom. The molecule has 0 unspecified atom stereocenters. The highest BCUT2D eigenvalue weighted by atomic mass is 19.1. The van der Waals surface area contributed by atoms with Crippen molar-refractivity contribution in [2.24, 2.45) is 0 Å². The standard InChI is InChI=1S/C28H31F/c1-3-5-7-9-22-11-15-24(16-12-22)26-19-20-27(28(29)21-26)25-17-13-23(14-18-25)10-8-6-4-2/h4,6,11-21H,3,5,7-10H2,1-2H3/b6-4+. The molecule has 0 bridgehead atoms. The first kappa shape index (κ1) is 21.0. The van der Waals surface area contributed by atoms with Gasteiger partial charge in [-0.2, -0.15) is 0 Å². The Bertz CT molecular complexity index is 918. The molecule has 0 aromatic heterocycles. The first-order chi connectivity index (χ1) is 14.2. The average molecular weight is 387 g/mol. The lowest BCUT2D eigenvalue weighted by Gasteiger charge is -2.09. The van der Waals surface area contributed by atoms with Gasteiger partial charge in [0.2, 0.25) is 0 Å². The normalized spacial score (nSPS) is 11.3. The smallest absolute Gasteiger partial charge is 0.131 e. The van der Waals surface area contributed by atoms with Crippen LogP contribution in [0.3, 0.4) is 0 Å². The minimum atomic E-state index is -0.170. The lowest BCUT2D eigenvalue weighted by Crippen LogP contribution is -1.89. The van der Waals surface area contributed by atoms with E-state index in [-0.39, 0.29) is 5.82 Å². The molecule has 0 atom stereocenters. The van der Waals surface area contributed by atoms with Gasteiger partial charge in [-0.25, -0.2) is 4.39 Å². The third kappa shape index (κ3) is 5.90. The van der Waals surface area contributed by atoms with Gasteiger partial charge >= 0.3 is 0 Å². The summed E-state index contributed by atoms with van der Waals surface area (Å²) in [5.41, 5.74) is 6.21. The summed E-state index contributed by atoms with van der Waals surface area (Å²) in [4.78, 5) is 0. The van der Waals surface area contributed by atoms with Gasteiger partial charge in [0.15, 0.2) is 0 Å². The molecule has 3 aromatic rings. The van der Waals surface area contributed by atoms with Crippen LogP contribution in [0.2, 0.25) is 0 Å². The zero-order valence-electron chi connectivity index (χ0n) is 17.6. The minimum Gasteiger partial charge on any atom is -0.206 e. The summed E-state index contributed by atoms with van der Waals surface area (Å²) in [7, 11) is 0. The fourth-order valence-corrected chi connectivity index (χ4v) is 3.64. The Morgan fingerprint density at radius 1 is 0.724 bits per heavy atom. The fraction of sp³-hybridized carbons (Fsp3) is 0.286. The third-order valence-electron chi connectivity index (χ3n) is 5.43. The Kier molecular flexibility index (Phi) is 7.81. The van der Waals surface area contributed by atoms with Gasteiger partial charge in [0.25, 0.3) is 0 Å². The van der Waals surface area contributed by atoms with Gasteiger partial charge in [-0.1, -0.05) is 92.6 Å². The van der Waals surface area contributed by atoms with Crippen molar-refractivity contribution < 1.29 is 4.39 Å². The number of allylic oxidation sites excluding steroid dienone is 2.